The zero-order valence-corrected chi connectivity index (χ0v) is 14.6. The van der Waals surface area contributed by atoms with E-state index in [1.165, 1.54) is 5.56 Å². The van der Waals surface area contributed by atoms with Crippen LogP contribution in [0, 0.1) is 0 Å². The van der Waals surface area contributed by atoms with Crippen LogP contribution in [-0.2, 0) is 6.54 Å². The monoisotopic (exact) mass is 339 g/mol. The van der Waals surface area contributed by atoms with E-state index < -0.39 is 0 Å². The van der Waals surface area contributed by atoms with Crippen LogP contribution in [0.25, 0.3) is 0 Å². The highest BCUT2D eigenvalue weighted by Gasteiger charge is 2.22. The highest BCUT2D eigenvalue weighted by molar-refractivity contribution is 5.95. The van der Waals surface area contributed by atoms with Crippen molar-refractivity contribution < 1.29 is 9.53 Å². The predicted molar refractivity (Wildman–Crippen MR) is 99.6 cm³/mol. The standard InChI is InChI=1S/C20H25N3O2/c1-2-25-19-8-6-16(7-9-19)15-22-10-12-23(13-11-22)20(24)17-4-3-5-18(21)14-17/h3-9,14H,2,10-13,15,21H2,1H3. The molecule has 0 unspecified atom stereocenters. The number of nitrogens with two attached hydrogens (primary N) is 1. The second-order valence-corrected chi connectivity index (χ2v) is 6.27. The predicted octanol–water partition coefficient (Wildman–Crippen LogP) is 2.63. The molecule has 25 heavy (non-hydrogen) atoms. The number of carbonyl (C=O) groups is 1. The largest absolute Gasteiger partial charge is 0.494 e. The fraction of sp³-hybridized carbons (Fsp3) is 0.350. The number of carbonyl (C=O) groups excluding carboxylic acids is 1. The molecule has 5 nitrogen and oxygen atoms in total. The lowest BCUT2D eigenvalue weighted by atomic mass is 10.1. The minimum absolute atomic E-state index is 0.0630. The molecule has 1 heterocycles. The summed E-state index contributed by atoms with van der Waals surface area (Å²) >= 11 is 0. The first-order chi connectivity index (χ1) is 12.2. The van der Waals surface area contributed by atoms with Crippen LogP contribution in [0.15, 0.2) is 48.5 Å². The molecule has 0 spiro atoms. The number of piperazine rings is 1. The molecule has 0 bridgehead atoms. The lowest BCUT2D eigenvalue weighted by Gasteiger charge is -2.34. The molecule has 1 aliphatic heterocycles. The molecular weight excluding hydrogens is 314 g/mol. The van der Waals surface area contributed by atoms with Gasteiger partial charge in [-0.3, -0.25) is 9.69 Å². The van der Waals surface area contributed by atoms with E-state index in [2.05, 4.69) is 17.0 Å². The Hall–Kier alpha value is -2.53. The van der Waals surface area contributed by atoms with E-state index in [0.29, 0.717) is 17.9 Å². The third-order valence-electron chi connectivity index (χ3n) is 4.43. The first-order valence-corrected chi connectivity index (χ1v) is 8.74. The van der Waals surface area contributed by atoms with Gasteiger partial charge in [0.05, 0.1) is 6.61 Å². The number of benzene rings is 2. The third-order valence-corrected chi connectivity index (χ3v) is 4.43. The van der Waals surface area contributed by atoms with Crippen molar-refractivity contribution >= 4 is 11.6 Å². The summed E-state index contributed by atoms with van der Waals surface area (Å²) in [5, 5.41) is 0. The van der Waals surface area contributed by atoms with E-state index in [4.69, 9.17) is 10.5 Å². The second-order valence-electron chi connectivity index (χ2n) is 6.27. The Morgan fingerprint density at radius 3 is 2.44 bits per heavy atom. The summed E-state index contributed by atoms with van der Waals surface area (Å²) < 4.78 is 5.47. The van der Waals surface area contributed by atoms with Gasteiger partial charge in [-0.05, 0) is 42.8 Å². The van der Waals surface area contributed by atoms with Gasteiger partial charge in [0.15, 0.2) is 0 Å². The molecule has 2 aromatic rings. The number of amides is 1. The average Bonchev–Trinajstić information content (AvgIpc) is 2.64. The van der Waals surface area contributed by atoms with Crippen LogP contribution in [0.3, 0.4) is 0 Å². The van der Waals surface area contributed by atoms with Crippen molar-refractivity contribution in [1.82, 2.24) is 9.80 Å². The molecule has 0 aromatic heterocycles. The second kappa shape index (κ2) is 8.03. The zero-order chi connectivity index (χ0) is 17.6. The summed E-state index contributed by atoms with van der Waals surface area (Å²) in [7, 11) is 0. The normalized spacial score (nSPS) is 15.2. The number of nitrogens with zero attached hydrogens (tertiary/aromatic N) is 2. The van der Waals surface area contributed by atoms with Crippen LogP contribution in [0.2, 0.25) is 0 Å². The number of hydrogen-bond acceptors (Lipinski definition) is 4. The van der Waals surface area contributed by atoms with Gasteiger partial charge in [-0.25, -0.2) is 0 Å². The van der Waals surface area contributed by atoms with Crippen LogP contribution in [0.4, 0.5) is 5.69 Å². The lowest BCUT2D eigenvalue weighted by Crippen LogP contribution is -2.48. The molecule has 1 aliphatic rings. The minimum atomic E-state index is 0.0630. The zero-order valence-electron chi connectivity index (χ0n) is 14.6. The summed E-state index contributed by atoms with van der Waals surface area (Å²) in [6.07, 6.45) is 0. The number of ether oxygens (including phenoxy) is 1. The summed E-state index contributed by atoms with van der Waals surface area (Å²) in [4.78, 5) is 16.8. The van der Waals surface area contributed by atoms with Crippen LogP contribution in [0.5, 0.6) is 5.75 Å². The van der Waals surface area contributed by atoms with Crippen LogP contribution >= 0.6 is 0 Å². The summed E-state index contributed by atoms with van der Waals surface area (Å²) in [6.45, 7) is 6.80. The molecule has 0 radical (unpaired) electrons. The fourth-order valence-electron chi connectivity index (χ4n) is 3.08. The van der Waals surface area contributed by atoms with Gasteiger partial charge in [0.2, 0.25) is 0 Å². The fourth-order valence-corrected chi connectivity index (χ4v) is 3.08. The minimum Gasteiger partial charge on any atom is -0.494 e. The molecule has 0 saturated carbocycles. The summed E-state index contributed by atoms with van der Waals surface area (Å²) in [5.41, 5.74) is 8.33. The SMILES string of the molecule is CCOc1ccc(CN2CCN(C(=O)c3cccc(N)c3)CC2)cc1. The first-order valence-electron chi connectivity index (χ1n) is 8.74. The van der Waals surface area contributed by atoms with Crippen molar-refractivity contribution in [2.24, 2.45) is 0 Å². The van der Waals surface area contributed by atoms with Crippen molar-refractivity contribution in [1.29, 1.82) is 0 Å². The molecule has 0 aliphatic carbocycles. The van der Waals surface area contributed by atoms with Crippen LogP contribution < -0.4 is 10.5 Å². The highest BCUT2D eigenvalue weighted by Crippen LogP contribution is 2.16. The molecule has 1 fully saturated rings. The van der Waals surface area contributed by atoms with E-state index in [1.807, 2.05) is 36.1 Å². The Morgan fingerprint density at radius 1 is 1.08 bits per heavy atom. The maximum absolute atomic E-state index is 12.6. The topological polar surface area (TPSA) is 58.8 Å². The van der Waals surface area contributed by atoms with Gasteiger partial charge in [-0.15, -0.1) is 0 Å². The van der Waals surface area contributed by atoms with Crippen molar-refractivity contribution in [3.8, 4) is 5.75 Å². The van der Waals surface area contributed by atoms with Crippen molar-refractivity contribution in [2.75, 3.05) is 38.5 Å². The van der Waals surface area contributed by atoms with Gasteiger partial charge in [0.1, 0.15) is 5.75 Å². The Morgan fingerprint density at radius 2 is 1.80 bits per heavy atom. The van der Waals surface area contributed by atoms with Gasteiger partial charge in [0, 0.05) is 44.0 Å². The number of rotatable bonds is 5. The van der Waals surface area contributed by atoms with E-state index in [1.54, 1.807) is 12.1 Å². The number of anilines is 1. The Kier molecular flexibility index (Phi) is 5.56. The Balaban J connectivity index is 1.52. The molecule has 2 aromatic carbocycles. The van der Waals surface area contributed by atoms with Crippen molar-refractivity contribution in [2.45, 2.75) is 13.5 Å². The number of nitrogen functional groups attached to an aromatic ring is 1. The van der Waals surface area contributed by atoms with Gasteiger partial charge in [-0.1, -0.05) is 18.2 Å². The smallest absolute Gasteiger partial charge is 0.254 e. The van der Waals surface area contributed by atoms with Crippen molar-refractivity contribution in [3.05, 3.63) is 59.7 Å². The molecule has 132 valence electrons. The van der Waals surface area contributed by atoms with Crippen LogP contribution in [-0.4, -0.2) is 48.5 Å². The molecule has 3 rings (SSSR count). The molecule has 2 N–H and O–H groups in total. The summed E-state index contributed by atoms with van der Waals surface area (Å²) in [6, 6.07) is 15.4. The molecule has 5 heteroatoms. The quantitative estimate of drug-likeness (QED) is 0.851. The molecule has 1 amide bonds. The average molecular weight is 339 g/mol. The molecular formula is C20H25N3O2. The van der Waals surface area contributed by atoms with E-state index >= 15 is 0 Å². The Labute approximate surface area is 149 Å². The number of hydrogen-bond donors (Lipinski definition) is 1. The lowest BCUT2D eigenvalue weighted by molar-refractivity contribution is 0.0628. The van der Waals surface area contributed by atoms with E-state index in [-0.39, 0.29) is 5.91 Å². The highest BCUT2D eigenvalue weighted by atomic mass is 16.5. The van der Waals surface area contributed by atoms with Crippen molar-refractivity contribution in [3.63, 3.8) is 0 Å². The molecule has 1 saturated heterocycles. The third kappa shape index (κ3) is 4.51. The van der Waals surface area contributed by atoms with Gasteiger partial charge in [-0.2, -0.15) is 0 Å². The van der Waals surface area contributed by atoms with Gasteiger partial charge < -0.3 is 15.4 Å². The Bertz CT molecular complexity index is 707. The maximum atomic E-state index is 12.6. The maximum Gasteiger partial charge on any atom is 0.254 e. The van der Waals surface area contributed by atoms with Crippen LogP contribution in [0.1, 0.15) is 22.8 Å². The van der Waals surface area contributed by atoms with E-state index in [0.717, 1.165) is 38.5 Å². The van der Waals surface area contributed by atoms with Gasteiger partial charge in [0.25, 0.3) is 5.91 Å². The summed E-state index contributed by atoms with van der Waals surface area (Å²) in [5.74, 6) is 0.969. The van der Waals surface area contributed by atoms with E-state index in [9.17, 15) is 4.79 Å². The first kappa shape index (κ1) is 17.3. The molecule has 0 atom stereocenters. The van der Waals surface area contributed by atoms with Gasteiger partial charge >= 0.3 is 0 Å².